The third kappa shape index (κ3) is 3.79. The van der Waals surface area contributed by atoms with Crippen LogP contribution in [0.2, 0.25) is 0 Å². The molecule has 1 heterocycles. The van der Waals surface area contributed by atoms with E-state index in [2.05, 4.69) is 24.0 Å². The highest BCUT2D eigenvalue weighted by molar-refractivity contribution is 5.72. The molecule has 0 aliphatic carbocycles. The molecular formula is C16H25N3. The molecule has 0 aliphatic rings. The lowest BCUT2D eigenvalue weighted by Gasteiger charge is -2.13. The Bertz CT molecular complexity index is 456. The van der Waals surface area contributed by atoms with Gasteiger partial charge in [-0.05, 0) is 25.0 Å². The maximum Gasteiger partial charge on any atom is 0.113 e. The largest absolute Gasteiger partial charge is 0.181 e. The molecule has 0 bridgehead atoms. The molecule has 1 aromatic heterocycles. The van der Waals surface area contributed by atoms with Crippen molar-refractivity contribution in [3.63, 3.8) is 0 Å². The maximum absolute atomic E-state index is 4.60. The number of nitrogens with zero attached hydrogens (tertiary/aromatic N) is 3. The predicted octanol–water partition coefficient (Wildman–Crippen LogP) is 4.74. The normalized spacial score (nSPS) is 12.9. The van der Waals surface area contributed by atoms with Gasteiger partial charge in [0.25, 0.3) is 0 Å². The lowest BCUT2D eigenvalue weighted by atomic mass is 10.1. The van der Waals surface area contributed by atoms with Gasteiger partial charge in [-0.1, -0.05) is 58.1 Å². The van der Waals surface area contributed by atoms with Crippen LogP contribution in [0.1, 0.15) is 64.8 Å². The lowest BCUT2D eigenvalue weighted by Crippen LogP contribution is -2.11. The van der Waals surface area contributed by atoms with Crippen molar-refractivity contribution < 1.29 is 0 Å². The van der Waals surface area contributed by atoms with Crippen molar-refractivity contribution in [3.05, 3.63) is 24.3 Å². The van der Waals surface area contributed by atoms with Crippen molar-refractivity contribution in [3.8, 4) is 0 Å². The minimum atomic E-state index is 0.453. The molecular weight excluding hydrogens is 234 g/mol. The smallest absolute Gasteiger partial charge is 0.113 e. The van der Waals surface area contributed by atoms with E-state index in [1.165, 1.54) is 38.5 Å². The molecule has 19 heavy (non-hydrogen) atoms. The monoisotopic (exact) mass is 259 g/mol. The van der Waals surface area contributed by atoms with Crippen LogP contribution in [0.15, 0.2) is 24.3 Å². The van der Waals surface area contributed by atoms with Gasteiger partial charge >= 0.3 is 0 Å². The van der Waals surface area contributed by atoms with Gasteiger partial charge in [0.05, 0.1) is 6.04 Å². The van der Waals surface area contributed by atoms with Gasteiger partial charge in [0, 0.05) is 0 Å². The van der Waals surface area contributed by atoms with Crippen LogP contribution in [-0.2, 0) is 0 Å². The fourth-order valence-electron chi connectivity index (χ4n) is 2.51. The predicted molar refractivity (Wildman–Crippen MR) is 80.2 cm³/mol. The average molecular weight is 259 g/mol. The van der Waals surface area contributed by atoms with Crippen molar-refractivity contribution in [1.29, 1.82) is 0 Å². The van der Waals surface area contributed by atoms with Gasteiger partial charge in [-0.3, -0.25) is 0 Å². The molecule has 2 rings (SSSR count). The summed E-state index contributed by atoms with van der Waals surface area (Å²) in [7, 11) is 0. The average Bonchev–Trinajstić information content (AvgIpc) is 2.86. The number of hydrogen-bond acceptors (Lipinski definition) is 2. The van der Waals surface area contributed by atoms with Crippen molar-refractivity contribution in [2.45, 2.75) is 64.8 Å². The van der Waals surface area contributed by atoms with E-state index in [-0.39, 0.29) is 0 Å². The van der Waals surface area contributed by atoms with E-state index in [1.807, 2.05) is 29.1 Å². The first-order valence-corrected chi connectivity index (χ1v) is 7.66. The van der Waals surface area contributed by atoms with Crippen LogP contribution in [0.25, 0.3) is 11.0 Å². The van der Waals surface area contributed by atoms with E-state index in [1.54, 1.807) is 0 Å². The zero-order chi connectivity index (χ0) is 13.5. The summed E-state index contributed by atoms with van der Waals surface area (Å²) in [6.07, 6.45) is 8.96. The topological polar surface area (TPSA) is 30.7 Å². The standard InChI is InChI=1S/C16H25N3/c1-3-5-6-7-8-11-14(4-2)19-17-15-12-9-10-13-16(15)18-19/h9-10,12-14H,3-8,11H2,1-2H3. The van der Waals surface area contributed by atoms with Crippen LogP contribution in [-0.4, -0.2) is 15.0 Å². The summed E-state index contributed by atoms with van der Waals surface area (Å²) in [4.78, 5) is 1.94. The Hall–Kier alpha value is -1.38. The molecule has 0 spiro atoms. The third-order valence-electron chi connectivity index (χ3n) is 3.74. The summed E-state index contributed by atoms with van der Waals surface area (Å²) in [6.45, 7) is 4.48. The highest BCUT2D eigenvalue weighted by atomic mass is 15.5. The molecule has 1 aromatic carbocycles. The quantitative estimate of drug-likeness (QED) is 0.641. The maximum atomic E-state index is 4.60. The molecule has 1 atom stereocenters. The number of benzene rings is 1. The van der Waals surface area contributed by atoms with E-state index in [0.717, 1.165) is 17.5 Å². The first-order chi connectivity index (χ1) is 9.35. The van der Waals surface area contributed by atoms with Gasteiger partial charge in [-0.15, -0.1) is 0 Å². The molecule has 0 saturated heterocycles. The second kappa shape index (κ2) is 7.27. The van der Waals surface area contributed by atoms with Crippen LogP contribution < -0.4 is 0 Å². The van der Waals surface area contributed by atoms with E-state index < -0.39 is 0 Å². The van der Waals surface area contributed by atoms with Crippen molar-refractivity contribution >= 4 is 11.0 Å². The Balaban J connectivity index is 1.93. The fraction of sp³-hybridized carbons (Fsp3) is 0.625. The highest BCUT2D eigenvalue weighted by Gasteiger charge is 2.12. The summed E-state index contributed by atoms with van der Waals surface area (Å²) in [5.74, 6) is 0. The minimum Gasteiger partial charge on any atom is -0.181 e. The first kappa shape index (κ1) is 14.0. The fourth-order valence-corrected chi connectivity index (χ4v) is 2.51. The SMILES string of the molecule is CCCCCCCC(CC)n1nc2ccccc2n1. The Morgan fingerprint density at radius 2 is 1.58 bits per heavy atom. The van der Waals surface area contributed by atoms with Crippen LogP contribution in [0.4, 0.5) is 0 Å². The highest BCUT2D eigenvalue weighted by Crippen LogP contribution is 2.20. The molecule has 2 aromatic rings. The Kier molecular flexibility index (Phi) is 5.37. The van der Waals surface area contributed by atoms with Crippen molar-refractivity contribution in [2.24, 2.45) is 0 Å². The molecule has 0 fully saturated rings. The molecule has 0 N–H and O–H groups in total. The number of aromatic nitrogens is 3. The van der Waals surface area contributed by atoms with E-state index >= 15 is 0 Å². The number of hydrogen-bond donors (Lipinski definition) is 0. The van der Waals surface area contributed by atoms with Crippen LogP contribution in [0, 0.1) is 0 Å². The van der Waals surface area contributed by atoms with E-state index in [9.17, 15) is 0 Å². The van der Waals surface area contributed by atoms with E-state index in [4.69, 9.17) is 0 Å². The number of fused-ring (bicyclic) bond motifs is 1. The molecule has 3 heteroatoms. The third-order valence-corrected chi connectivity index (χ3v) is 3.74. The van der Waals surface area contributed by atoms with Gasteiger partial charge in [0.15, 0.2) is 0 Å². The summed E-state index contributed by atoms with van der Waals surface area (Å²) < 4.78 is 0. The van der Waals surface area contributed by atoms with Gasteiger partial charge in [0.2, 0.25) is 0 Å². The van der Waals surface area contributed by atoms with Gasteiger partial charge < -0.3 is 0 Å². The zero-order valence-corrected chi connectivity index (χ0v) is 12.2. The lowest BCUT2D eigenvalue weighted by molar-refractivity contribution is 0.359. The van der Waals surface area contributed by atoms with Crippen molar-refractivity contribution in [1.82, 2.24) is 15.0 Å². The van der Waals surface area contributed by atoms with Crippen LogP contribution in [0.5, 0.6) is 0 Å². The van der Waals surface area contributed by atoms with E-state index in [0.29, 0.717) is 6.04 Å². The summed E-state index contributed by atoms with van der Waals surface area (Å²) >= 11 is 0. The second-order valence-electron chi connectivity index (χ2n) is 5.27. The molecule has 104 valence electrons. The van der Waals surface area contributed by atoms with Crippen molar-refractivity contribution in [2.75, 3.05) is 0 Å². The molecule has 1 unspecified atom stereocenters. The van der Waals surface area contributed by atoms with Gasteiger partial charge in [-0.25, -0.2) is 0 Å². The van der Waals surface area contributed by atoms with Gasteiger partial charge in [-0.2, -0.15) is 15.0 Å². The van der Waals surface area contributed by atoms with Gasteiger partial charge in [0.1, 0.15) is 11.0 Å². The second-order valence-corrected chi connectivity index (χ2v) is 5.27. The summed E-state index contributed by atoms with van der Waals surface area (Å²) in [5, 5.41) is 9.21. The summed E-state index contributed by atoms with van der Waals surface area (Å²) in [5.41, 5.74) is 2.01. The Morgan fingerprint density at radius 3 is 2.16 bits per heavy atom. The Labute approximate surface area is 116 Å². The first-order valence-electron chi connectivity index (χ1n) is 7.66. The molecule has 0 aliphatic heterocycles. The minimum absolute atomic E-state index is 0.453. The molecule has 0 radical (unpaired) electrons. The number of unbranched alkanes of at least 4 members (excludes halogenated alkanes) is 4. The molecule has 3 nitrogen and oxygen atoms in total. The molecule has 0 saturated carbocycles. The number of rotatable bonds is 8. The molecule has 0 amide bonds. The summed E-state index contributed by atoms with van der Waals surface area (Å²) in [6, 6.07) is 8.56. The van der Waals surface area contributed by atoms with Crippen LogP contribution in [0.3, 0.4) is 0 Å². The zero-order valence-electron chi connectivity index (χ0n) is 12.2. The Morgan fingerprint density at radius 1 is 0.947 bits per heavy atom. The van der Waals surface area contributed by atoms with Crippen LogP contribution >= 0.6 is 0 Å².